The van der Waals surface area contributed by atoms with E-state index >= 15 is 0 Å². The number of nitrogens with zero attached hydrogens (tertiary/aromatic N) is 1. The number of nitrogens with one attached hydrogen (secondary N) is 1. The molecule has 0 radical (unpaired) electrons. The average molecular weight is 903 g/mol. The third-order valence-corrected chi connectivity index (χ3v) is 21.7. The number of hydrogen-bond donors (Lipinski definition) is 2. The van der Waals surface area contributed by atoms with Crippen LogP contribution in [0.4, 0.5) is 0 Å². The normalized spacial score (nSPS) is 42.2. The minimum atomic E-state index is -3.10. The molecular weight excluding hydrogens is 821 g/mol. The Bertz CT molecular complexity index is 1850. The molecule has 14 atom stereocenters. The first kappa shape index (κ1) is 48.9. The van der Waals surface area contributed by atoms with Gasteiger partial charge >= 0.3 is 17.9 Å². The van der Waals surface area contributed by atoms with Crippen molar-refractivity contribution in [3.05, 3.63) is 12.2 Å². The zero-order valence-corrected chi connectivity index (χ0v) is 41.2. The lowest BCUT2D eigenvalue weighted by Gasteiger charge is -2.73. The van der Waals surface area contributed by atoms with Crippen molar-refractivity contribution in [2.45, 2.75) is 157 Å². The maximum absolute atomic E-state index is 13.7. The van der Waals surface area contributed by atoms with E-state index in [1.807, 2.05) is 20.8 Å². The molecule has 0 aromatic heterocycles. The summed E-state index contributed by atoms with van der Waals surface area (Å²) in [5.41, 5.74) is 0.699. The van der Waals surface area contributed by atoms with Crippen LogP contribution in [0, 0.1) is 68.5 Å². The van der Waals surface area contributed by atoms with Crippen LogP contribution >= 0.6 is 0 Å². The highest BCUT2D eigenvalue weighted by Gasteiger charge is 2.71. The molecule has 1 aliphatic heterocycles. The van der Waals surface area contributed by atoms with Gasteiger partial charge in [0.05, 0.1) is 42.6 Å². The lowest BCUT2D eigenvalue weighted by atomic mass is 9.32. The zero-order chi connectivity index (χ0) is 46.1. The van der Waals surface area contributed by atoms with Gasteiger partial charge in [0.25, 0.3) is 0 Å². The van der Waals surface area contributed by atoms with Gasteiger partial charge < -0.3 is 29.4 Å². The SMILES string of the molecule is C=C(C)[C@@H]1CC[C@]2(NC[C@H]([C@@H](C)OC(=O)COCCOC)N3CCS(=O)(=O)CC3)CC[C@]3(C)[C@H](CC[C@@H]4[C@@]5(C)CC[C@H](OC(=O)[C@H]6C[C@@H](C(=O)O)C6(C)C)C(C)(C)[C@@H]5CC[C@]43C)[C@@H]12. The van der Waals surface area contributed by atoms with Gasteiger partial charge in [-0.25, -0.2) is 13.2 Å². The highest BCUT2D eigenvalue weighted by atomic mass is 32.2. The molecule has 0 unspecified atom stereocenters. The fraction of sp³-hybridized carbons (Fsp3) is 0.900. The molecule has 0 amide bonds. The van der Waals surface area contributed by atoms with Crippen LogP contribution in [0.5, 0.6) is 0 Å². The molecule has 12 nitrogen and oxygen atoms in total. The molecular formula is C50H82N2O10S. The number of sulfone groups is 1. The summed E-state index contributed by atoms with van der Waals surface area (Å²) >= 11 is 0. The van der Waals surface area contributed by atoms with Crippen molar-refractivity contribution in [2.75, 3.05) is 58.1 Å². The van der Waals surface area contributed by atoms with Gasteiger partial charge in [0, 0.05) is 37.7 Å². The summed E-state index contributed by atoms with van der Waals surface area (Å²) in [6.45, 7) is 27.0. The van der Waals surface area contributed by atoms with Crippen molar-refractivity contribution in [2.24, 2.45) is 68.5 Å². The summed E-state index contributed by atoms with van der Waals surface area (Å²) in [6.07, 6.45) is 10.5. The van der Waals surface area contributed by atoms with Crippen LogP contribution in [0.25, 0.3) is 0 Å². The van der Waals surface area contributed by atoms with E-state index in [-0.39, 0.29) is 69.3 Å². The molecule has 0 aromatic carbocycles. The average Bonchev–Trinajstić information content (AvgIpc) is 3.58. The van der Waals surface area contributed by atoms with Crippen LogP contribution < -0.4 is 5.32 Å². The van der Waals surface area contributed by atoms with Crippen LogP contribution in [-0.2, 0) is 43.2 Å². The van der Waals surface area contributed by atoms with Crippen LogP contribution in [0.3, 0.4) is 0 Å². The Balaban J connectivity index is 1.09. The fourth-order valence-corrected chi connectivity index (χ4v) is 17.4. The topological polar surface area (TPSA) is 158 Å². The number of carboxylic acids is 1. The van der Waals surface area contributed by atoms with Gasteiger partial charge in [0.1, 0.15) is 18.8 Å². The quantitative estimate of drug-likeness (QED) is 0.0960. The Morgan fingerprint density at radius 1 is 0.841 bits per heavy atom. The number of allylic oxidation sites excluding steroid dienone is 1. The predicted molar refractivity (Wildman–Crippen MR) is 242 cm³/mol. The molecule has 13 heteroatoms. The molecule has 1 saturated heterocycles. The van der Waals surface area contributed by atoms with Crippen LogP contribution in [0.15, 0.2) is 12.2 Å². The number of hydrogen-bond acceptors (Lipinski definition) is 11. The van der Waals surface area contributed by atoms with Crippen LogP contribution in [-0.4, -0.2) is 118 Å². The third-order valence-electron chi connectivity index (χ3n) is 20.1. The lowest BCUT2D eigenvalue weighted by molar-refractivity contribution is -0.248. The minimum Gasteiger partial charge on any atom is -0.481 e. The number of rotatable bonds is 15. The highest BCUT2D eigenvalue weighted by Crippen LogP contribution is 2.76. The van der Waals surface area contributed by atoms with Gasteiger partial charge in [-0.2, -0.15) is 0 Å². The molecule has 63 heavy (non-hydrogen) atoms. The number of ether oxygens (including phenoxy) is 4. The molecule has 0 bridgehead atoms. The largest absolute Gasteiger partial charge is 0.481 e. The van der Waals surface area contributed by atoms with Gasteiger partial charge in [-0.3, -0.25) is 14.5 Å². The molecule has 2 N–H and O–H groups in total. The minimum absolute atomic E-state index is 0.102. The van der Waals surface area contributed by atoms with E-state index in [1.165, 1.54) is 18.4 Å². The Labute approximate surface area is 379 Å². The van der Waals surface area contributed by atoms with E-state index in [0.717, 1.165) is 51.4 Å². The molecule has 0 aromatic rings. The van der Waals surface area contributed by atoms with E-state index in [2.05, 4.69) is 58.3 Å². The van der Waals surface area contributed by atoms with Crippen molar-refractivity contribution in [1.29, 1.82) is 0 Å². The van der Waals surface area contributed by atoms with E-state index in [1.54, 1.807) is 7.11 Å². The smallest absolute Gasteiger partial charge is 0.332 e. The van der Waals surface area contributed by atoms with Crippen molar-refractivity contribution in [3.8, 4) is 0 Å². The first-order valence-corrected chi connectivity index (χ1v) is 26.2. The van der Waals surface area contributed by atoms with Crippen molar-refractivity contribution in [1.82, 2.24) is 10.2 Å². The van der Waals surface area contributed by atoms with Gasteiger partial charge in [0.2, 0.25) is 0 Å². The van der Waals surface area contributed by atoms with Crippen molar-refractivity contribution < 1.29 is 46.9 Å². The van der Waals surface area contributed by atoms with Gasteiger partial charge in [-0.15, -0.1) is 0 Å². The summed E-state index contributed by atoms with van der Waals surface area (Å²) in [5, 5.41) is 13.9. The molecule has 6 saturated carbocycles. The molecule has 7 aliphatic rings. The van der Waals surface area contributed by atoms with Gasteiger partial charge in [-0.05, 0) is 136 Å². The molecule has 7 fully saturated rings. The summed E-state index contributed by atoms with van der Waals surface area (Å²) in [6, 6.07) is -0.196. The second kappa shape index (κ2) is 17.5. The summed E-state index contributed by atoms with van der Waals surface area (Å²) < 4.78 is 48.1. The van der Waals surface area contributed by atoms with E-state index in [4.69, 9.17) is 18.9 Å². The van der Waals surface area contributed by atoms with Gasteiger partial charge in [0.15, 0.2) is 9.84 Å². The lowest BCUT2D eigenvalue weighted by Crippen LogP contribution is -2.69. The fourth-order valence-electron chi connectivity index (χ4n) is 16.2. The number of aliphatic carboxylic acids is 1. The first-order chi connectivity index (χ1) is 29.4. The summed E-state index contributed by atoms with van der Waals surface area (Å²) in [4.78, 5) is 40.7. The van der Waals surface area contributed by atoms with Gasteiger partial charge in [-0.1, -0.05) is 60.6 Å². The standard InChI is InChI=1S/C50H82N2O10S/c1-31(2)33-14-19-50(51-29-37(52-22-26-63(57,58)27-23-52)32(3)61-41(53)30-60-25-24-59-11)21-20-48(9)34(42(33)50)12-13-39-47(8)17-16-40(46(6,7)38(47)15-18-49(39,48)10)62-44(56)36-28-35(43(54)55)45(36,4)5/h32-40,42,51H,1,12-30H2,2-11H3,(H,54,55)/t32-,33+,34-,35+,36-,37-,38+,39-,40+,42-,47+,48-,49-,50+/m1/s1. The number of esters is 2. The Kier molecular flexibility index (Phi) is 13.6. The molecule has 1 heterocycles. The number of carboxylic acid groups (broad SMARTS) is 1. The Morgan fingerprint density at radius 3 is 2.17 bits per heavy atom. The van der Waals surface area contributed by atoms with Crippen LogP contribution in [0.1, 0.15) is 133 Å². The predicted octanol–water partition coefficient (Wildman–Crippen LogP) is 7.34. The first-order valence-electron chi connectivity index (χ1n) is 24.4. The maximum atomic E-state index is 13.7. The van der Waals surface area contributed by atoms with Crippen LogP contribution in [0.2, 0.25) is 0 Å². The Morgan fingerprint density at radius 2 is 1.54 bits per heavy atom. The second-order valence-corrected chi connectivity index (χ2v) is 25.8. The molecule has 0 spiro atoms. The summed E-state index contributed by atoms with van der Waals surface area (Å²) in [5.74, 6) is 0.105. The molecule has 358 valence electrons. The number of carbonyl (C=O) groups is 3. The molecule has 7 rings (SSSR count). The van der Waals surface area contributed by atoms with E-state index in [9.17, 15) is 27.9 Å². The number of fused-ring (bicyclic) bond motifs is 7. The number of carbonyl (C=O) groups excluding carboxylic acids is 2. The second-order valence-electron chi connectivity index (χ2n) is 23.5. The Hall–Kier alpha value is -2.06. The summed E-state index contributed by atoms with van der Waals surface area (Å²) in [7, 11) is -1.51. The van der Waals surface area contributed by atoms with E-state index < -0.39 is 39.2 Å². The van der Waals surface area contributed by atoms with Crippen molar-refractivity contribution >= 4 is 27.7 Å². The molecule has 6 aliphatic carbocycles. The van der Waals surface area contributed by atoms with Crippen molar-refractivity contribution in [3.63, 3.8) is 0 Å². The monoisotopic (exact) mass is 903 g/mol. The third kappa shape index (κ3) is 8.38. The zero-order valence-electron chi connectivity index (χ0n) is 40.4. The maximum Gasteiger partial charge on any atom is 0.332 e. The highest BCUT2D eigenvalue weighted by molar-refractivity contribution is 7.91. The van der Waals surface area contributed by atoms with E-state index in [0.29, 0.717) is 68.9 Å². The number of methoxy groups -OCH3 is 1.